The second-order valence-corrected chi connectivity index (χ2v) is 5.65. The van der Waals surface area contributed by atoms with Crippen molar-refractivity contribution >= 4 is 17.9 Å². The molecule has 0 aromatic heterocycles. The van der Waals surface area contributed by atoms with Crippen molar-refractivity contribution in [3.05, 3.63) is 12.2 Å². The van der Waals surface area contributed by atoms with Gasteiger partial charge in [0.05, 0.1) is 5.92 Å². The Hall–Kier alpha value is -1.85. The number of hydrogen-bond acceptors (Lipinski definition) is 5. The summed E-state index contributed by atoms with van der Waals surface area (Å²) >= 11 is 0. The molecule has 2 saturated carbocycles. The van der Waals surface area contributed by atoms with E-state index in [9.17, 15) is 19.5 Å². The van der Waals surface area contributed by atoms with E-state index in [2.05, 4.69) is 6.58 Å². The highest BCUT2D eigenvalue weighted by Crippen LogP contribution is 2.62. The third-order valence-electron chi connectivity index (χ3n) is 4.53. The van der Waals surface area contributed by atoms with Gasteiger partial charge < -0.3 is 14.6 Å². The summed E-state index contributed by atoms with van der Waals surface area (Å²) in [5.41, 5.74) is -0.985. The van der Waals surface area contributed by atoms with Gasteiger partial charge in [0.25, 0.3) is 0 Å². The topological polar surface area (TPSA) is 89.9 Å². The number of carbonyl (C=O) groups excluding carboxylic acids is 2. The number of rotatable bonds is 3. The Labute approximate surface area is 109 Å². The zero-order valence-corrected chi connectivity index (χ0v) is 10.4. The SMILES string of the molecule is C=C(C)C(=O)OC1C2OC(=O)C3CC1(C(=O)O)CC32. The van der Waals surface area contributed by atoms with Crippen LogP contribution >= 0.6 is 0 Å². The molecule has 6 nitrogen and oxygen atoms in total. The number of carboxylic acid groups (broad SMARTS) is 1. The summed E-state index contributed by atoms with van der Waals surface area (Å²) in [5.74, 6) is -2.54. The fraction of sp³-hybridized carbons (Fsp3) is 0.615. The van der Waals surface area contributed by atoms with Crippen LogP contribution in [-0.2, 0) is 23.9 Å². The maximum Gasteiger partial charge on any atom is 0.333 e. The third kappa shape index (κ3) is 1.39. The molecule has 1 saturated heterocycles. The Morgan fingerprint density at radius 2 is 2.16 bits per heavy atom. The minimum Gasteiger partial charge on any atom is -0.481 e. The smallest absolute Gasteiger partial charge is 0.333 e. The highest BCUT2D eigenvalue weighted by Gasteiger charge is 2.73. The fourth-order valence-corrected chi connectivity index (χ4v) is 3.63. The van der Waals surface area contributed by atoms with Gasteiger partial charge >= 0.3 is 17.9 Å². The van der Waals surface area contributed by atoms with Crippen LogP contribution in [0.3, 0.4) is 0 Å². The molecule has 2 aliphatic carbocycles. The van der Waals surface area contributed by atoms with Crippen LogP contribution in [0.15, 0.2) is 12.2 Å². The van der Waals surface area contributed by atoms with Crippen molar-refractivity contribution in [3.63, 3.8) is 0 Å². The van der Waals surface area contributed by atoms with Gasteiger partial charge in [0, 0.05) is 11.5 Å². The van der Waals surface area contributed by atoms with Crippen molar-refractivity contribution in [1.82, 2.24) is 0 Å². The lowest BCUT2D eigenvalue weighted by atomic mass is 9.78. The summed E-state index contributed by atoms with van der Waals surface area (Å²) in [7, 11) is 0. The molecule has 1 N–H and O–H groups in total. The van der Waals surface area contributed by atoms with Crippen LogP contribution in [0.1, 0.15) is 19.8 Å². The molecule has 3 aliphatic rings. The maximum atomic E-state index is 11.6. The number of carboxylic acids is 1. The van der Waals surface area contributed by atoms with Gasteiger partial charge in [-0.3, -0.25) is 9.59 Å². The van der Waals surface area contributed by atoms with Gasteiger partial charge in [0.2, 0.25) is 0 Å². The monoisotopic (exact) mass is 266 g/mol. The van der Waals surface area contributed by atoms with E-state index in [1.54, 1.807) is 0 Å². The number of fused-ring (bicyclic) bond motifs is 1. The molecule has 0 aromatic carbocycles. The lowest BCUT2D eigenvalue weighted by Gasteiger charge is -2.32. The molecule has 0 radical (unpaired) electrons. The average molecular weight is 266 g/mol. The van der Waals surface area contributed by atoms with Gasteiger partial charge in [-0.05, 0) is 19.8 Å². The molecular weight excluding hydrogens is 252 g/mol. The van der Waals surface area contributed by atoms with E-state index in [0.29, 0.717) is 6.42 Å². The molecule has 19 heavy (non-hydrogen) atoms. The normalized spacial score (nSPS) is 42.1. The van der Waals surface area contributed by atoms with E-state index in [1.807, 2.05) is 0 Å². The van der Waals surface area contributed by atoms with Crippen molar-refractivity contribution in [1.29, 1.82) is 0 Å². The molecule has 5 unspecified atom stereocenters. The predicted molar refractivity (Wildman–Crippen MR) is 60.9 cm³/mol. The molecule has 3 rings (SSSR count). The van der Waals surface area contributed by atoms with Gasteiger partial charge in [-0.15, -0.1) is 0 Å². The van der Waals surface area contributed by atoms with Crippen LogP contribution in [-0.4, -0.2) is 35.2 Å². The summed E-state index contributed by atoms with van der Waals surface area (Å²) in [6.07, 6.45) is -0.999. The minimum atomic E-state index is -1.18. The molecule has 3 fully saturated rings. The van der Waals surface area contributed by atoms with Gasteiger partial charge in [0.1, 0.15) is 11.5 Å². The zero-order valence-electron chi connectivity index (χ0n) is 10.4. The number of esters is 2. The van der Waals surface area contributed by atoms with Crippen LogP contribution in [0.5, 0.6) is 0 Å². The summed E-state index contributed by atoms with van der Waals surface area (Å²) in [4.78, 5) is 34.9. The molecular formula is C13H14O6. The van der Waals surface area contributed by atoms with Crippen LogP contribution in [0, 0.1) is 17.3 Å². The van der Waals surface area contributed by atoms with Crippen LogP contribution < -0.4 is 0 Å². The van der Waals surface area contributed by atoms with Crippen molar-refractivity contribution < 1.29 is 29.0 Å². The Morgan fingerprint density at radius 1 is 1.47 bits per heavy atom. The maximum absolute atomic E-state index is 11.6. The molecule has 1 heterocycles. The van der Waals surface area contributed by atoms with Crippen molar-refractivity contribution in [3.8, 4) is 0 Å². The first-order valence-corrected chi connectivity index (χ1v) is 6.17. The highest BCUT2D eigenvalue weighted by molar-refractivity contribution is 5.89. The lowest BCUT2D eigenvalue weighted by Crippen LogP contribution is -2.47. The second-order valence-electron chi connectivity index (χ2n) is 5.65. The molecule has 102 valence electrons. The first kappa shape index (κ1) is 12.2. The third-order valence-corrected chi connectivity index (χ3v) is 4.53. The summed E-state index contributed by atoms with van der Waals surface area (Å²) in [5, 5.41) is 9.48. The van der Waals surface area contributed by atoms with E-state index in [-0.39, 0.29) is 29.8 Å². The first-order chi connectivity index (χ1) is 8.86. The van der Waals surface area contributed by atoms with Crippen molar-refractivity contribution in [2.45, 2.75) is 32.0 Å². The van der Waals surface area contributed by atoms with Crippen molar-refractivity contribution in [2.75, 3.05) is 0 Å². The first-order valence-electron chi connectivity index (χ1n) is 6.17. The van der Waals surface area contributed by atoms with E-state index in [1.165, 1.54) is 6.92 Å². The van der Waals surface area contributed by atoms with Crippen LogP contribution in [0.25, 0.3) is 0 Å². The molecule has 1 aliphatic heterocycles. The van der Waals surface area contributed by atoms with E-state index in [0.717, 1.165) is 0 Å². The van der Waals surface area contributed by atoms with Gasteiger partial charge in [0.15, 0.2) is 6.10 Å². The van der Waals surface area contributed by atoms with Gasteiger partial charge in [-0.1, -0.05) is 6.58 Å². The summed E-state index contributed by atoms with van der Waals surface area (Å²) in [6, 6.07) is 0. The largest absolute Gasteiger partial charge is 0.481 e. The number of aliphatic carboxylic acids is 1. The molecule has 0 amide bonds. The van der Waals surface area contributed by atoms with Gasteiger partial charge in [-0.25, -0.2) is 4.79 Å². The zero-order chi connectivity index (χ0) is 13.9. The highest BCUT2D eigenvalue weighted by atomic mass is 16.6. The van der Waals surface area contributed by atoms with E-state index >= 15 is 0 Å². The Bertz CT molecular complexity index is 509. The molecule has 0 aromatic rings. The molecule has 0 spiro atoms. The molecule has 2 bridgehead atoms. The second kappa shape index (κ2) is 3.59. The summed E-state index contributed by atoms with van der Waals surface area (Å²) < 4.78 is 10.5. The number of ether oxygens (including phenoxy) is 2. The quantitative estimate of drug-likeness (QED) is 0.591. The Balaban J connectivity index is 1.94. The minimum absolute atomic E-state index is 0.147. The standard InChI is InChI=1S/C13H14O6/c1-5(2)10(14)19-9-8-6-3-13(9,12(16)17)4-7(6)11(15)18-8/h6-9H,1,3-4H2,2H3,(H,16,17). The van der Waals surface area contributed by atoms with Crippen LogP contribution in [0.4, 0.5) is 0 Å². The van der Waals surface area contributed by atoms with Gasteiger partial charge in [-0.2, -0.15) is 0 Å². The van der Waals surface area contributed by atoms with Crippen LogP contribution in [0.2, 0.25) is 0 Å². The fourth-order valence-electron chi connectivity index (χ4n) is 3.63. The molecule has 6 heteroatoms. The predicted octanol–water partition coefficient (Wildman–Crippen LogP) is 0.510. The van der Waals surface area contributed by atoms with E-state index in [4.69, 9.17) is 9.47 Å². The number of carbonyl (C=O) groups is 3. The molecule has 5 atom stereocenters. The summed E-state index contributed by atoms with van der Waals surface area (Å²) in [6.45, 7) is 4.97. The lowest BCUT2D eigenvalue weighted by molar-refractivity contribution is -0.172. The Kier molecular flexibility index (Phi) is 2.30. The average Bonchev–Trinajstić information content (AvgIpc) is 2.90. The Morgan fingerprint density at radius 3 is 2.74 bits per heavy atom. The van der Waals surface area contributed by atoms with E-state index < -0.39 is 29.6 Å². The number of hydrogen-bond donors (Lipinski definition) is 1. The van der Waals surface area contributed by atoms with Crippen molar-refractivity contribution in [2.24, 2.45) is 17.3 Å².